The van der Waals surface area contributed by atoms with Crippen molar-refractivity contribution in [1.82, 2.24) is 4.90 Å². The quantitative estimate of drug-likeness (QED) is 0.589. The van der Waals surface area contributed by atoms with Gasteiger partial charge in [0, 0.05) is 38.2 Å². The third-order valence-corrected chi connectivity index (χ3v) is 3.83. The standard InChI is InChI=1S/C16H25N3O3/c1-12(2)15(17)9-10-18(3)16(20)8-7-13-5-4-6-14(11-13)19(21)22/h4-6,11-12,15H,7-10,17H2,1-3H3. The number of rotatable bonds is 8. The van der Waals surface area contributed by atoms with Crippen LogP contribution in [0, 0.1) is 16.0 Å². The second-order valence-corrected chi connectivity index (χ2v) is 5.94. The Bertz CT molecular complexity index is 517. The number of nitro benzene ring substituents is 1. The maximum Gasteiger partial charge on any atom is 0.269 e. The summed E-state index contributed by atoms with van der Waals surface area (Å²) in [5.41, 5.74) is 6.83. The minimum atomic E-state index is -0.426. The lowest BCUT2D eigenvalue weighted by Gasteiger charge is -2.21. The molecule has 1 aromatic rings. The monoisotopic (exact) mass is 307 g/mol. The fraction of sp³-hybridized carbons (Fsp3) is 0.562. The molecule has 22 heavy (non-hydrogen) atoms. The minimum absolute atomic E-state index is 0.0301. The summed E-state index contributed by atoms with van der Waals surface area (Å²) >= 11 is 0. The van der Waals surface area contributed by atoms with Crippen molar-refractivity contribution in [3.8, 4) is 0 Å². The van der Waals surface area contributed by atoms with E-state index in [1.54, 1.807) is 24.1 Å². The zero-order valence-corrected chi connectivity index (χ0v) is 13.5. The van der Waals surface area contributed by atoms with Crippen LogP contribution in [0.15, 0.2) is 24.3 Å². The first-order valence-corrected chi connectivity index (χ1v) is 7.54. The Morgan fingerprint density at radius 2 is 2.09 bits per heavy atom. The highest BCUT2D eigenvalue weighted by Crippen LogP contribution is 2.15. The number of benzene rings is 1. The lowest BCUT2D eigenvalue weighted by molar-refractivity contribution is -0.384. The first-order valence-electron chi connectivity index (χ1n) is 7.54. The van der Waals surface area contributed by atoms with Crippen LogP contribution in [0.2, 0.25) is 0 Å². The molecule has 0 aliphatic carbocycles. The van der Waals surface area contributed by atoms with Gasteiger partial charge in [0.1, 0.15) is 0 Å². The molecule has 1 unspecified atom stereocenters. The van der Waals surface area contributed by atoms with Gasteiger partial charge in [-0.3, -0.25) is 14.9 Å². The second kappa shape index (κ2) is 8.48. The molecular weight excluding hydrogens is 282 g/mol. The van der Waals surface area contributed by atoms with Crippen molar-refractivity contribution in [2.75, 3.05) is 13.6 Å². The van der Waals surface area contributed by atoms with E-state index in [9.17, 15) is 14.9 Å². The summed E-state index contributed by atoms with van der Waals surface area (Å²) in [7, 11) is 1.77. The van der Waals surface area contributed by atoms with Gasteiger partial charge in [0.25, 0.3) is 5.69 Å². The van der Waals surface area contributed by atoms with Crippen LogP contribution in [0.5, 0.6) is 0 Å². The van der Waals surface area contributed by atoms with Crippen molar-refractivity contribution >= 4 is 11.6 Å². The van der Waals surface area contributed by atoms with Gasteiger partial charge < -0.3 is 10.6 Å². The van der Waals surface area contributed by atoms with Crippen molar-refractivity contribution in [2.24, 2.45) is 11.7 Å². The van der Waals surface area contributed by atoms with Gasteiger partial charge in [-0.2, -0.15) is 0 Å². The SMILES string of the molecule is CC(C)C(N)CCN(C)C(=O)CCc1cccc([N+](=O)[O-])c1. The molecule has 2 N–H and O–H groups in total. The molecule has 1 amide bonds. The Balaban J connectivity index is 2.45. The molecule has 0 bridgehead atoms. The Morgan fingerprint density at radius 3 is 2.68 bits per heavy atom. The first-order chi connectivity index (χ1) is 10.3. The lowest BCUT2D eigenvalue weighted by Crippen LogP contribution is -2.34. The van der Waals surface area contributed by atoms with E-state index in [-0.39, 0.29) is 17.6 Å². The Hall–Kier alpha value is -1.95. The van der Waals surface area contributed by atoms with Crippen LogP contribution in [0.25, 0.3) is 0 Å². The van der Waals surface area contributed by atoms with Gasteiger partial charge in [-0.05, 0) is 24.3 Å². The van der Waals surface area contributed by atoms with E-state index in [4.69, 9.17) is 5.73 Å². The van der Waals surface area contributed by atoms with Gasteiger partial charge in [0.2, 0.25) is 5.91 Å². The molecule has 0 heterocycles. The molecule has 0 aliphatic rings. The molecule has 0 radical (unpaired) electrons. The summed E-state index contributed by atoms with van der Waals surface area (Å²) in [6.45, 7) is 4.76. The van der Waals surface area contributed by atoms with Gasteiger partial charge in [-0.25, -0.2) is 0 Å². The van der Waals surface area contributed by atoms with E-state index in [2.05, 4.69) is 13.8 Å². The van der Waals surface area contributed by atoms with Crippen LogP contribution in [-0.4, -0.2) is 35.4 Å². The van der Waals surface area contributed by atoms with E-state index < -0.39 is 4.92 Å². The van der Waals surface area contributed by atoms with E-state index in [1.807, 2.05) is 0 Å². The Kier molecular flexibility index (Phi) is 6.98. The zero-order valence-electron chi connectivity index (χ0n) is 13.5. The summed E-state index contributed by atoms with van der Waals surface area (Å²) in [6.07, 6.45) is 1.62. The third-order valence-electron chi connectivity index (χ3n) is 3.83. The van der Waals surface area contributed by atoms with E-state index in [0.29, 0.717) is 25.3 Å². The van der Waals surface area contributed by atoms with Crippen LogP contribution >= 0.6 is 0 Å². The van der Waals surface area contributed by atoms with Gasteiger partial charge in [0.05, 0.1) is 4.92 Å². The van der Waals surface area contributed by atoms with Crippen molar-refractivity contribution < 1.29 is 9.72 Å². The number of hydrogen-bond acceptors (Lipinski definition) is 4. The number of hydrogen-bond donors (Lipinski definition) is 1. The summed E-state index contributed by atoms with van der Waals surface area (Å²) in [5, 5.41) is 10.7. The number of nitrogens with zero attached hydrogens (tertiary/aromatic N) is 2. The fourth-order valence-corrected chi connectivity index (χ4v) is 2.07. The first kappa shape index (κ1) is 18.1. The molecule has 0 saturated heterocycles. The molecule has 0 fully saturated rings. The van der Waals surface area contributed by atoms with Crippen LogP contribution in [-0.2, 0) is 11.2 Å². The van der Waals surface area contributed by atoms with Crippen LogP contribution in [0.4, 0.5) is 5.69 Å². The van der Waals surface area contributed by atoms with Crippen LogP contribution in [0.1, 0.15) is 32.3 Å². The summed E-state index contributed by atoms with van der Waals surface area (Å²) in [4.78, 5) is 24.0. The largest absolute Gasteiger partial charge is 0.346 e. The minimum Gasteiger partial charge on any atom is -0.346 e. The van der Waals surface area contributed by atoms with Crippen molar-refractivity contribution in [3.05, 3.63) is 39.9 Å². The van der Waals surface area contributed by atoms with Crippen molar-refractivity contribution in [3.63, 3.8) is 0 Å². The average Bonchev–Trinajstić information content (AvgIpc) is 2.49. The van der Waals surface area contributed by atoms with E-state index in [0.717, 1.165) is 12.0 Å². The average molecular weight is 307 g/mol. The van der Waals surface area contributed by atoms with Crippen LogP contribution < -0.4 is 5.73 Å². The fourth-order valence-electron chi connectivity index (χ4n) is 2.07. The summed E-state index contributed by atoms with van der Waals surface area (Å²) in [6, 6.07) is 6.50. The number of carbonyl (C=O) groups is 1. The Labute approximate surface area is 131 Å². The van der Waals surface area contributed by atoms with Crippen molar-refractivity contribution in [2.45, 2.75) is 39.2 Å². The van der Waals surface area contributed by atoms with Gasteiger partial charge >= 0.3 is 0 Å². The molecule has 0 aliphatic heterocycles. The molecule has 1 atom stereocenters. The van der Waals surface area contributed by atoms with Gasteiger partial charge in [-0.1, -0.05) is 26.0 Å². The number of nitro groups is 1. The predicted octanol–water partition coefficient (Wildman–Crippen LogP) is 2.36. The molecule has 6 heteroatoms. The smallest absolute Gasteiger partial charge is 0.269 e. The number of nitrogens with two attached hydrogens (primary N) is 1. The molecule has 1 aromatic carbocycles. The molecule has 122 valence electrons. The third kappa shape index (κ3) is 5.81. The number of non-ortho nitro benzene ring substituents is 1. The Morgan fingerprint density at radius 1 is 1.41 bits per heavy atom. The van der Waals surface area contributed by atoms with Gasteiger partial charge in [-0.15, -0.1) is 0 Å². The molecule has 6 nitrogen and oxygen atoms in total. The number of aryl methyl sites for hydroxylation is 1. The molecule has 0 saturated carbocycles. The molecular formula is C16H25N3O3. The summed E-state index contributed by atoms with van der Waals surface area (Å²) < 4.78 is 0. The number of carbonyl (C=O) groups excluding carboxylic acids is 1. The topological polar surface area (TPSA) is 89.5 Å². The lowest BCUT2D eigenvalue weighted by atomic mass is 10.0. The van der Waals surface area contributed by atoms with Gasteiger partial charge in [0.15, 0.2) is 0 Å². The maximum absolute atomic E-state index is 12.1. The van der Waals surface area contributed by atoms with E-state index >= 15 is 0 Å². The normalized spacial score (nSPS) is 12.2. The molecule has 0 aromatic heterocycles. The zero-order chi connectivity index (χ0) is 16.7. The summed E-state index contributed by atoms with van der Waals surface area (Å²) in [5.74, 6) is 0.427. The van der Waals surface area contributed by atoms with E-state index in [1.165, 1.54) is 12.1 Å². The van der Waals surface area contributed by atoms with Crippen LogP contribution in [0.3, 0.4) is 0 Å². The highest BCUT2D eigenvalue weighted by atomic mass is 16.6. The predicted molar refractivity (Wildman–Crippen MR) is 86.5 cm³/mol. The molecule has 1 rings (SSSR count). The highest BCUT2D eigenvalue weighted by Gasteiger charge is 2.13. The molecule has 0 spiro atoms. The second-order valence-electron chi connectivity index (χ2n) is 5.94. The van der Waals surface area contributed by atoms with Crippen molar-refractivity contribution in [1.29, 1.82) is 0 Å². The maximum atomic E-state index is 12.1. The number of amides is 1. The highest BCUT2D eigenvalue weighted by molar-refractivity contribution is 5.76.